The van der Waals surface area contributed by atoms with Gasteiger partial charge in [0.1, 0.15) is 0 Å². The van der Waals surface area contributed by atoms with Gasteiger partial charge < -0.3 is 10.0 Å². The molecule has 18 heavy (non-hydrogen) atoms. The van der Waals surface area contributed by atoms with Crippen LogP contribution in [0.15, 0.2) is 30.3 Å². The van der Waals surface area contributed by atoms with Crippen LogP contribution in [0.2, 0.25) is 0 Å². The fourth-order valence-electron chi connectivity index (χ4n) is 1.66. The molecule has 0 fully saturated rings. The molecule has 1 rings (SSSR count). The second-order valence-corrected chi connectivity index (χ2v) is 4.96. The molecule has 1 aromatic carbocycles. The first-order valence-electron chi connectivity index (χ1n) is 6.12. The van der Waals surface area contributed by atoms with E-state index in [1.165, 1.54) is 6.08 Å². The maximum Gasteiger partial charge on any atom is 0.328 e. The molecule has 1 N–H and O–H groups in total. The maximum atomic E-state index is 10.6. The van der Waals surface area contributed by atoms with Gasteiger partial charge in [-0.05, 0) is 38.0 Å². The van der Waals surface area contributed by atoms with Gasteiger partial charge in [0.25, 0.3) is 0 Å². The Morgan fingerprint density at radius 1 is 1.39 bits per heavy atom. The monoisotopic (exact) mass is 247 g/mol. The highest BCUT2D eigenvalue weighted by atomic mass is 16.4. The highest BCUT2D eigenvalue weighted by molar-refractivity contribution is 5.87. The van der Waals surface area contributed by atoms with E-state index in [1.54, 1.807) is 6.08 Å². The number of aliphatic carboxylic acids is 1. The van der Waals surface area contributed by atoms with Crippen molar-refractivity contribution in [3.05, 3.63) is 35.9 Å². The van der Waals surface area contributed by atoms with Crippen LogP contribution in [0.3, 0.4) is 0 Å². The molecule has 0 amide bonds. The van der Waals surface area contributed by atoms with Gasteiger partial charge in [-0.15, -0.1) is 0 Å². The third kappa shape index (κ3) is 3.36. The summed E-state index contributed by atoms with van der Waals surface area (Å²) in [6.07, 6.45) is 3.83. The minimum Gasteiger partial charge on any atom is -0.478 e. The van der Waals surface area contributed by atoms with E-state index in [0.29, 0.717) is 0 Å². The van der Waals surface area contributed by atoms with Gasteiger partial charge in [-0.3, -0.25) is 0 Å². The van der Waals surface area contributed by atoms with Crippen molar-refractivity contribution < 1.29 is 9.90 Å². The molecule has 0 aromatic heterocycles. The van der Waals surface area contributed by atoms with Crippen LogP contribution in [0.25, 0.3) is 6.08 Å². The minimum atomic E-state index is -0.929. The predicted octanol–water partition coefficient (Wildman–Crippen LogP) is 3.41. The number of rotatable bonds is 5. The van der Waals surface area contributed by atoms with Crippen LogP contribution in [0.5, 0.6) is 0 Å². The normalized spacial score (nSPS) is 11.8. The van der Waals surface area contributed by atoms with Gasteiger partial charge >= 0.3 is 5.97 Å². The van der Waals surface area contributed by atoms with Crippen molar-refractivity contribution in [2.75, 3.05) is 11.9 Å². The zero-order valence-electron chi connectivity index (χ0n) is 11.5. The summed E-state index contributed by atoms with van der Waals surface area (Å²) < 4.78 is 0. The molecule has 0 saturated carbocycles. The van der Waals surface area contributed by atoms with E-state index in [9.17, 15) is 4.79 Å². The lowest BCUT2D eigenvalue weighted by Gasteiger charge is -2.37. The number of carboxylic acid groups (broad SMARTS) is 1. The zero-order valence-corrected chi connectivity index (χ0v) is 11.5. The second-order valence-electron chi connectivity index (χ2n) is 4.96. The van der Waals surface area contributed by atoms with E-state index in [1.807, 2.05) is 31.3 Å². The summed E-state index contributed by atoms with van der Waals surface area (Å²) in [4.78, 5) is 12.8. The lowest BCUT2D eigenvalue weighted by atomic mass is 9.98. The summed E-state index contributed by atoms with van der Waals surface area (Å²) >= 11 is 0. The fraction of sp³-hybridized carbons (Fsp3) is 0.400. The maximum absolute atomic E-state index is 10.6. The average molecular weight is 247 g/mol. The van der Waals surface area contributed by atoms with Gasteiger partial charge in [-0.1, -0.05) is 25.1 Å². The van der Waals surface area contributed by atoms with Crippen molar-refractivity contribution >= 4 is 17.7 Å². The number of benzene rings is 1. The van der Waals surface area contributed by atoms with Crippen molar-refractivity contribution in [3.63, 3.8) is 0 Å². The number of nitrogens with zero attached hydrogens (tertiary/aromatic N) is 1. The number of anilines is 1. The van der Waals surface area contributed by atoms with E-state index < -0.39 is 5.97 Å². The Morgan fingerprint density at radius 2 is 2.00 bits per heavy atom. The Kier molecular flexibility index (Phi) is 4.54. The zero-order chi connectivity index (χ0) is 13.8. The quantitative estimate of drug-likeness (QED) is 0.811. The predicted molar refractivity (Wildman–Crippen MR) is 75.9 cm³/mol. The highest BCUT2D eigenvalue weighted by Gasteiger charge is 2.22. The van der Waals surface area contributed by atoms with Crippen molar-refractivity contribution in [1.82, 2.24) is 0 Å². The molecule has 3 heteroatoms. The molecule has 0 aliphatic heterocycles. The number of hydrogen-bond donors (Lipinski definition) is 1. The largest absolute Gasteiger partial charge is 0.478 e. The lowest BCUT2D eigenvalue weighted by molar-refractivity contribution is -0.131. The minimum absolute atomic E-state index is 0.0349. The fourth-order valence-corrected chi connectivity index (χ4v) is 1.66. The molecule has 0 atom stereocenters. The smallest absolute Gasteiger partial charge is 0.328 e. The van der Waals surface area contributed by atoms with Gasteiger partial charge in [0.2, 0.25) is 0 Å². The van der Waals surface area contributed by atoms with E-state index in [2.05, 4.69) is 25.7 Å². The lowest BCUT2D eigenvalue weighted by Crippen LogP contribution is -2.40. The molecule has 0 bridgehead atoms. The molecular formula is C15H21NO2. The van der Waals surface area contributed by atoms with Crippen LogP contribution < -0.4 is 4.90 Å². The van der Waals surface area contributed by atoms with E-state index in [4.69, 9.17) is 5.11 Å². The Balaban J connectivity index is 3.13. The van der Waals surface area contributed by atoms with Crippen molar-refractivity contribution in [2.24, 2.45) is 0 Å². The Morgan fingerprint density at radius 3 is 2.56 bits per heavy atom. The molecule has 0 heterocycles. The van der Waals surface area contributed by atoms with Gasteiger partial charge in [-0.2, -0.15) is 0 Å². The van der Waals surface area contributed by atoms with Gasteiger partial charge in [0, 0.05) is 24.4 Å². The van der Waals surface area contributed by atoms with E-state index in [0.717, 1.165) is 17.7 Å². The summed E-state index contributed by atoms with van der Waals surface area (Å²) in [5.41, 5.74) is 2.00. The van der Waals surface area contributed by atoms with E-state index >= 15 is 0 Å². The van der Waals surface area contributed by atoms with Gasteiger partial charge in [-0.25, -0.2) is 4.79 Å². The van der Waals surface area contributed by atoms with Crippen LogP contribution in [-0.2, 0) is 4.79 Å². The van der Waals surface area contributed by atoms with Crippen LogP contribution in [0.4, 0.5) is 5.69 Å². The topological polar surface area (TPSA) is 40.5 Å². The summed E-state index contributed by atoms with van der Waals surface area (Å²) in [5.74, 6) is -0.929. The molecular weight excluding hydrogens is 226 g/mol. The standard InChI is InChI=1S/C15H21NO2/c1-5-15(2,3)16(4)13-9-7-6-8-12(13)10-11-14(17)18/h6-11H,5H2,1-4H3,(H,17,18). The third-order valence-corrected chi connectivity index (χ3v) is 3.48. The van der Waals surface area contributed by atoms with Crippen molar-refractivity contribution in [3.8, 4) is 0 Å². The SMILES string of the molecule is CCC(C)(C)N(C)c1ccccc1C=CC(=O)O. The van der Waals surface area contributed by atoms with E-state index in [-0.39, 0.29) is 5.54 Å². The summed E-state index contributed by atoms with van der Waals surface area (Å²) in [6.45, 7) is 6.49. The van der Waals surface area contributed by atoms with Crippen LogP contribution >= 0.6 is 0 Å². The molecule has 0 aliphatic rings. The third-order valence-electron chi connectivity index (χ3n) is 3.48. The molecule has 3 nitrogen and oxygen atoms in total. The Labute approximate surface area is 109 Å². The molecule has 1 aromatic rings. The first-order valence-corrected chi connectivity index (χ1v) is 6.12. The number of carboxylic acids is 1. The number of carbonyl (C=O) groups is 1. The molecule has 0 spiro atoms. The Bertz CT molecular complexity index is 450. The van der Waals surface area contributed by atoms with Crippen LogP contribution in [-0.4, -0.2) is 23.7 Å². The first-order chi connectivity index (χ1) is 8.38. The van der Waals surface area contributed by atoms with Gasteiger partial charge in [0.05, 0.1) is 0 Å². The molecule has 0 aliphatic carbocycles. The molecule has 98 valence electrons. The molecule has 0 radical (unpaired) electrons. The molecule has 0 saturated heterocycles. The van der Waals surface area contributed by atoms with Crippen LogP contribution in [0.1, 0.15) is 32.8 Å². The summed E-state index contributed by atoms with van der Waals surface area (Å²) in [7, 11) is 2.04. The van der Waals surface area contributed by atoms with Crippen LogP contribution in [0, 0.1) is 0 Å². The number of para-hydroxylation sites is 1. The second kappa shape index (κ2) is 5.71. The Hall–Kier alpha value is -1.77. The number of hydrogen-bond acceptors (Lipinski definition) is 2. The summed E-state index contributed by atoms with van der Waals surface area (Å²) in [5, 5.41) is 8.71. The van der Waals surface area contributed by atoms with Gasteiger partial charge in [0.15, 0.2) is 0 Å². The van der Waals surface area contributed by atoms with Crippen molar-refractivity contribution in [1.29, 1.82) is 0 Å². The highest BCUT2D eigenvalue weighted by Crippen LogP contribution is 2.28. The molecule has 0 unspecified atom stereocenters. The first kappa shape index (κ1) is 14.3. The average Bonchev–Trinajstić information content (AvgIpc) is 2.35. The van der Waals surface area contributed by atoms with Crippen molar-refractivity contribution in [2.45, 2.75) is 32.7 Å². The summed E-state index contributed by atoms with van der Waals surface area (Å²) in [6, 6.07) is 7.82.